The van der Waals surface area contributed by atoms with E-state index in [1.807, 2.05) is 42.5 Å². The van der Waals surface area contributed by atoms with E-state index in [0.29, 0.717) is 5.89 Å². The maximum absolute atomic E-state index is 6.44. The summed E-state index contributed by atoms with van der Waals surface area (Å²) in [7, 11) is 0. The van der Waals surface area contributed by atoms with Crippen LogP contribution in [0.5, 0.6) is 0 Å². The third kappa shape index (κ3) is 5.34. The molecule has 0 aliphatic rings. The summed E-state index contributed by atoms with van der Waals surface area (Å²) in [6.45, 7) is 0. The second-order valence-electron chi connectivity index (χ2n) is 14.0. The second-order valence-corrected chi connectivity index (χ2v) is 14.0. The van der Waals surface area contributed by atoms with Crippen LogP contribution in [0.15, 0.2) is 203 Å². The maximum Gasteiger partial charge on any atom is 0.227 e. The van der Waals surface area contributed by atoms with E-state index >= 15 is 0 Å². The molecule has 11 rings (SSSR count). The number of furan rings is 1. The van der Waals surface area contributed by atoms with Crippen LogP contribution in [0.4, 0.5) is 17.1 Å². The van der Waals surface area contributed by atoms with Gasteiger partial charge in [-0.1, -0.05) is 127 Å². The molecule has 4 heteroatoms. The lowest BCUT2D eigenvalue weighted by Crippen LogP contribution is -2.10. The van der Waals surface area contributed by atoms with Crippen molar-refractivity contribution in [3.05, 3.63) is 194 Å². The zero-order chi connectivity index (χ0) is 36.3. The molecule has 0 unspecified atom stereocenters. The molecule has 0 aliphatic carbocycles. The maximum atomic E-state index is 6.44. The van der Waals surface area contributed by atoms with Crippen LogP contribution in [-0.2, 0) is 0 Å². The monoisotopic (exact) mass is 704 g/mol. The zero-order valence-corrected chi connectivity index (χ0v) is 29.7. The fourth-order valence-electron chi connectivity index (χ4n) is 8.01. The quantitative estimate of drug-likeness (QED) is 0.162. The smallest absolute Gasteiger partial charge is 0.227 e. The van der Waals surface area contributed by atoms with Crippen LogP contribution in [-0.4, -0.2) is 4.98 Å². The van der Waals surface area contributed by atoms with Crippen molar-refractivity contribution < 1.29 is 8.83 Å². The number of oxazole rings is 1. The summed E-state index contributed by atoms with van der Waals surface area (Å²) in [4.78, 5) is 7.14. The first-order valence-corrected chi connectivity index (χ1v) is 18.5. The highest BCUT2D eigenvalue weighted by atomic mass is 16.4. The predicted molar refractivity (Wildman–Crippen MR) is 227 cm³/mol. The van der Waals surface area contributed by atoms with Crippen LogP contribution in [0.1, 0.15) is 0 Å². The SMILES string of the molecule is c1ccc(-c2cccc(N(c3ccc(-c4cccc5oc6cc7nc(-c8ccccc8)oc7cc6c45)cc3)c3ccc4ccc5ccccc5c4c3)c2)cc1. The summed E-state index contributed by atoms with van der Waals surface area (Å²) >= 11 is 0. The van der Waals surface area contributed by atoms with E-state index in [1.54, 1.807) is 0 Å². The molecule has 2 heterocycles. The van der Waals surface area contributed by atoms with Gasteiger partial charge < -0.3 is 13.7 Å². The van der Waals surface area contributed by atoms with Gasteiger partial charge in [0.1, 0.15) is 16.7 Å². The van der Waals surface area contributed by atoms with Crippen LogP contribution in [0.25, 0.3) is 88.3 Å². The van der Waals surface area contributed by atoms with Gasteiger partial charge >= 0.3 is 0 Å². The highest BCUT2D eigenvalue weighted by Gasteiger charge is 2.19. The Kier molecular flexibility index (Phi) is 7.14. The number of hydrogen-bond donors (Lipinski definition) is 0. The Morgan fingerprint density at radius 2 is 1.04 bits per heavy atom. The Balaban J connectivity index is 1.04. The van der Waals surface area contributed by atoms with Gasteiger partial charge in [0.2, 0.25) is 5.89 Å². The molecule has 2 aromatic heterocycles. The fourth-order valence-corrected chi connectivity index (χ4v) is 8.01. The zero-order valence-electron chi connectivity index (χ0n) is 29.7. The molecule has 0 saturated carbocycles. The van der Waals surface area contributed by atoms with Crippen molar-refractivity contribution in [1.29, 1.82) is 0 Å². The van der Waals surface area contributed by atoms with Crippen molar-refractivity contribution in [3.8, 4) is 33.7 Å². The summed E-state index contributed by atoms with van der Waals surface area (Å²) in [5.41, 5.74) is 11.9. The minimum atomic E-state index is 0.599. The first kappa shape index (κ1) is 31.1. The summed E-state index contributed by atoms with van der Waals surface area (Å²) in [5.74, 6) is 0.599. The molecular formula is C51H32N2O2. The highest BCUT2D eigenvalue weighted by Crippen LogP contribution is 2.42. The molecule has 0 saturated heterocycles. The number of fused-ring (bicyclic) bond motifs is 7. The molecular weight excluding hydrogens is 673 g/mol. The third-order valence-corrected chi connectivity index (χ3v) is 10.7. The average Bonchev–Trinajstić information content (AvgIpc) is 3.84. The summed E-state index contributed by atoms with van der Waals surface area (Å²) in [6.07, 6.45) is 0. The fraction of sp³-hybridized carbons (Fsp3) is 0. The Labute approximate surface area is 317 Å². The van der Waals surface area contributed by atoms with E-state index in [2.05, 4.69) is 157 Å². The second kappa shape index (κ2) is 12.6. The topological polar surface area (TPSA) is 42.4 Å². The van der Waals surface area contributed by atoms with Crippen molar-refractivity contribution in [2.45, 2.75) is 0 Å². The predicted octanol–water partition coefficient (Wildman–Crippen LogP) is 14.5. The molecule has 0 atom stereocenters. The number of nitrogens with zero attached hydrogens (tertiary/aromatic N) is 2. The van der Waals surface area contributed by atoms with Gasteiger partial charge in [-0.3, -0.25) is 0 Å². The highest BCUT2D eigenvalue weighted by molar-refractivity contribution is 6.15. The van der Waals surface area contributed by atoms with Crippen LogP contribution >= 0.6 is 0 Å². The van der Waals surface area contributed by atoms with Crippen LogP contribution in [0.3, 0.4) is 0 Å². The van der Waals surface area contributed by atoms with E-state index in [4.69, 9.17) is 13.8 Å². The third-order valence-electron chi connectivity index (χ3n) is 10.7. The average molecular weight is 705 g/mol. The lowest BCUT2D eigenvalue weighted by molar-refractivity contribution is 0.620. The molecule has 0 radical (unpaired) electrons. The molecule has 258 valence electrons. The van der Waals surface area contributed by atoms with E-state index < -0.39 is 0 Å². The van der Waals surface area contributed by atoms with Crippen LogP contribution in [0, 0.1) is 0 Å². The van der Waals surface area contributed by atoms with Crippen molar-refractivity contribution in [3.63, 3.8) is 0 Å². The van der Waals surface area contributed by atoms with Gasteiger partial charge in [-0.15, -0.1) is 0 Å². The van der Waals surface area contributed by atoms with Gasteiger partial charge in [0.05, 0.1) is 0 Å². The standard InChI is InChI=1S/C51H32N2O2/c1-3-11-33(12-4-1)38-16-9-17-40(29-38)53(41-28-25-36-22-21-34-13-7-8-18-42(34)44(36)30-41)39-26-23-35(24-27-39)43-19-10-20-47-50(43)45-31-49-46(32-48(45)54-47)52-51(55-49)37-14-5-2-6-15-37/h1-32H. The normalized spacial score (nSPS) is 11.6. The molecule has 0 amide bonds. The van der Waals surface area contributed by atoms with Crippen molar-refractivity contribution in [2.24, 2.45) is 0 Å². The summed E-state index contributed by atoms with van der Waals surface area (Å²) in [5, 5.41) is 6.98. The lowest BCUT2D eigenvalue weighted by Gasteiger charge is -2.27. The molecule has 0 bridgehead atoms. The van der Waals surface area contributed by atoms with Gasteiger partial charge in [0.15, 0.2) is 5.58 Å². The molecule has 4 nitrogen and oxygen atoms in total. The largest absolute Gasteiger partial charge is 0.456 e. The molecule has 9 aromatic carbocycles. The first-order valence-electron chi connectivity index (χ1n) is 18.5. The van der Waals surface area contributed by atoms with E-state index in [0.717, 1.165) is 66.8 Å². The number of rotatable bonds is 6. The van der Waals surface area contributed by atoms with Gasteiger partial charge in [0.25, 0.3) is 0 Å². The summed E-state index contributed by atoms with van der Waals surface area (Å²) in [6, 6.07) is 68.4. The first-order chi connectivity index (χ1) is 27.2. The van der Waals surface area contributed by atoms with Crippen LogP contribution < -0.4 is 4.90 Å². The molecule has 0 aliphatic heterocycles. The van der Waals surface area contributed by atoms with Gasteiger partial charge in [-0.2, -0.15) is 0 Å². The van der Waals surface area contributed by atoms with Crippen molar-refractivity contribution in [1.82, 2.24) is 4.98 Å². The minimum absolute atomic E-state index is 0.599. The Bertz CT molecular complexity index is 3200. The van der Waals surface area contributed by atoms with Gasteiger partial charge in [0, 0.05) is 39.5 Å². The Morgan fingerprint density at radius 1 is 0.364 bits per heavy atom. The van der Waals surface area contributed by atoms with Gasteiger partial charge in [-0.25, -0.2) is 4.98 Å². The number of anilines is 3. The molecule has 0 N–H and O–H groups in total. The van der Waals surface area contributed by atoms with Gasteiger partial charge in [-0.05, 0) is 104 Å². The number of hydrogen-bond acceptors (Lipinski definition) is 4. The molecule has 11 aromatic rings. The van der Waals surface area contributed by atoms with E-state index in [1.165, 1.54) is 32.7 Å². The molecule has 0 fully saturated rings. The number of benzene rings is 9. The van der Waals surface area contributed by atoms with Crippen molar-refractivity contribution in [2.75, 3.05) is 4.90 Å². The molecule has 55 heavy (non-hydrogen) atoms. The Morgan fingerprint density at radius 3 is 1.87 bits per heavy atom. The minimum Gasteiger partial charge on any atom is -0.456 e. The number of aromatic nitrogens is 1. The van der Waals surface area contributed by atoms with E-state index in [9.17, 15) is 0 Å². The summed E-state index contributed by atoms with van der Waals surface area (Å²) < 4.78 is 12.7. The van der Waals surface area contributed by atoms with Crippen LogP contribution in [0.2, 0.25) is 0 Å². The Hall–Kier alpha value is -7.43. The van der Waals surface area contributed by atoms with Crippen molar-refractivity contribution >= 4 is 71.6 Å². The molecule has 0 spiro atoms. The lowest BCUT2D eigenvalue weighted by atomic mass is 9.98. The van der Waals surface area contributed by atoms with E-state index in [-0.39, 0.29) is 0 Å².